The quantitative estimate of drug-likeness (QED) is 0.712. The van der Waals surface area contributed by atoms with Gasteiger partial charge in [-0.1, -0.05) is 12.8 Å². The van der Waals surface area contributed by atoms with Crippen molar-refractivity contribution in [3.05, 3.63) is 0 Å². The van der Waals surface area contributed by atoms with Crippen molar-refractivity contribution in [3.8, 4) is 0 Å². The molecule has 0 bridgehead atoms. The third-order valence-corrected chi connectivity index (χ3v) is 3.00. The lowest BCUT2D eigenvalue weighted by atomic mass is 10.0. The van der Waals surface area contributed by atoms with E-state index in [1.54, 1.807) is 0 Å². The van der Waals surface area contributed by atoms with Gasteiger partial charge in [0, 0.05) is 0 Å². The Morgan fingerprint density at radius 1 is 1.19 bits per heavy atom. The molecule has 1 aliphatic rings. The maximum Gasteiger partial charge on any atom is 0.0801 e. The summed E-state index contributed by atoms with van der Waals surface area (Å²) in [5.74, 6) is 0.462. The average Bonchev–Trinajstić information content (AvgIpc) is 2.67. The normalized spacial score (nSPS) is 20.2. The van der Waals surface area contributed by atoms with Crippen LogP contribution in [0.1, 0.15) is 46.5 Å². The summed E-state index contributed by atoms with van der Waals surface area (Å²) >= 11 is 0. The molecular weight excluding hydrogens is 204 g/mol. The van der Waals surface area contributed by atoms with E-state index < -0.39 is 0 Å². The predicted octanol–water partition coefficient (Wildman–Crippen LogP) is 2.37. The number of ether oxygens (including phenoxy) is 2. The molecule has 0 aliphatic heterocycles. The topological polar surface area (TPSA) is 38.7 Å². The first-order chi connectivity index (χ1) is 7.49. The fourth-order valence-corrected chi connectivity index (χ4v) is 2.09. The molecule has 3 heteroatoms. The summed E-state index contributed by atoms with van der Waals surface area (Å²) < 4.78 is 11.0. The van der Waals surface area contributed by atoms with Crippen molar-refractivity contribution in [1.29, 1.82) is 0 Å². The molecule has 1 aliphatic carbocycles. The maximum absolute atomic E-state index is 9.84. The van der Waals surface area contributed by atoms with Crippen LogP contribution in [0.5, 0.6) is 0 Å². The lowest BCUT2D eigenvalue weighted by Crippen LogP contribution is -2.26. The van der Waals surface area contributed by atoms with E-state index in [-0.39, 0.29) is 11.7 Å². The van der Waals surface area contributed by atoms with E-state index in [0.717, 1.165) is 12.8 Å². The van der Waals surface area contributed by atoms with Gasteiger partial charge in [-0.2, -0.15) is 0 Å². The SMILES string of the molecule is CC(C)(C)OCCOCC(O)C1CCCC1. The van der Waals surface area contributed by atoms with E-state index in [1.165, 1.54) is 12.8 Å². The Morgan fingerprint density at radius 3 is 2.38 bits per heavy atom. The first kappa shape index (κ1) is 13.9. The zero-order chi connectivity index (χ0) is 12.0. The van der Waals surface area contributed by atoms with Crippen LogP contribution in [0.3, 0.4) is 0 Å². The van der Waals surface area contributed by atoms with Gasteiger partial charge in [0.05, 0.1) is 31.5 Å². The third kappa shape index (κ3) is 5.83. The van der Waals surface area contributed by atoms with Gasteiger partial charge in [-0.3, -0.25) is 0 Å². The molecule has 0 aromatic carbocycles. The minimum Gasteiger partial charge on any atom is -0.390 e. The van der Waals surface area contributed by atoms with Crippen LogP contribution in [-0.2, 0) is 9.47 Å². The van der Waals surface area contributed by atoms with Crippen molar-refractivity contribution in [2.24, 2.45) is 5.92 Å². The Hall–Kier alpha value is -0.120. The van der Waals surface area contributed by atoms with Crippen molar-refractivity contribution in [2.75, 3.05) is 19.8 Å². The Labute approximate surface area is 99.1 Å². The highest BCUT2D eigenvalue weighted by atomic mass is 16.5. The van der Waals surface area contributed by atoms with Gasteiger partial charge in [-0.15, -0.1) is 0 Å². The highest BCUT2D eigenvalue weighted by molar-refractivity contribution is 4.74. The van der Waals surface area contributed by atoms with E-state index in [2.05, 4.69) is 0 Å². The standard InChI is InChI=1S/C13H26O3/c1-13(2,3)16-9-8-15-10-12(14)11-6-4-5-7-11/h11-12,14H,4-10H2,1-3H3. The molecule has 1 rings (SSSR count). The Morgan fingerprint density at radius 2 is 1.81 bits per heavy atom. The molecule has 1 fully saturated rings. The Kier molecular flexibility index (Phi) is 5.73. The molecule has 0 amide bonds. The van der Waals surface area contributed by atoms with Crippen LogP contribution in [0.4, 0.5) is 0 Å². The summed E-state index contributed by atoms with van der Waals surface area (Å²) in [5, 5.41) is 9.84. The van der Waals surface area contributed by atoms with Gasteiger partial charge in [0.25, 0.3) is 0 Å². The number of hydrogen-bond donors (Lipinski definition) is 1. The number of aliphatic hydroxyl groups excluding tert-OH is 1. The van der Waals surface area contributed by atoms with Crippen LogP contribution >= 0.6 is 0 Å². The van der Waals surface area contributed by atoms with Gasteiger partial charge in [0.15, 0.2) is 0 Å². The second-order valence-corrected chi connectivity index (χ2v) is 5.65. The minimum absolute atomic E-state index is 0.104. The van der Waals surface area contributed by atoms with E-state index in [1.807, 2.05) is 20.8 Å². The first-order valence-corrected chi connectivity index (χ1v) is 6.39. The van der Waals surface area contributed by atoms with Crippen LogP contribution in [-0.4, -0.2) is 36.6 Å². The molecule has 0 aromatic rings. The third-order valence-electron chi connectivity index (χ3n) is 3.00. The fourth-order valence-electron chi connectivity index (χ4n) is 2.09. The van der Waals surface area contributed by atoms with Crippen molar-refractivity contribution in [2.45, 2.75) is 58.2 Å². The summed E-state index contributed by atoms with van der Waals surface area (Å²) in [4.78, 5) is 0. The average molecular weight is 230 g/mol. The van der Waals surface area contributed by atoms with Crippen molar-refractivity contribution >= 4 is 0 Å². The summed E-state index contributed by atoms with van der Waals surface area (Å²) in [6, 6.07) is 0. The monoisotopic (exact) mass is 230 g/mol. The van der Waals surface area contributed by atoms with Crippen molar-refractivity contribution in [3.63, 3.8) is 0 Å². The van der Waals surface area contributed by atoms with E-state index in [9.17, 15) is 5.11 Å². The summed E-state index contributed by atoms with van der Waals surface area (Å²) in [6.07, 6.45) is 4.55. The molecular formula is C13H26O3. The van der Waals surface area contributed by atoms with E-state index in [0.29, 0.717) is 25.7 Å². The second kappa shape index (κ2) is 6.58. The smallest absolute Gasteiger partial charge is 0.0801 e. The summed E-state index contributed by atoms with van der Waals surface area (Å²) in [6.45, 7) is 7.71. The minimum atomic E-state index is -0.280. The summed E-state index contributed by atoms with van der Waals surface area (Å²) in [7, 11) is 0. The molecule has 0 heterocycles. The van der Waals surface area contributed by atoms with Gasteiger partial charge < -0.3 is 14.6 Å². The van der Waals surface area contributed by atoms with Gasteiger partial charge in [-0.25, -0.2) is 0 Å². The second-order valence-electron chi connectivity index (χ2n) is 5.65. The molecule has 1 saturated carbocycles. The number of rotatable bonds is 6. The van der Waals surface area contributed by atoms with Gasteiger partial charge in [-0.05, 0) is 39.5 Å². The van der Waals surface area contributed by atoms with Gasteiger partial charge in [0.2, 0.25) is 0 Å². The molecule has 16 heavy (non-hydrogen) atoms. The van der Waals surface area contributed by atoms with Crippen LogP contribution in [0.15, 0.2) is 0 Å². The molecule has 1 unspecified atom stereocenters. The Balaban J connectivity index is 1.98. The molecule has 1 N–H and O–H groups in total. The zero-order valence-electron chi connectivity index (χ0n) is 10.9. The van der Waals surface area contributed by atoms with Crippen molar-refractivity contribution < 1.29 is 14.6 Å². The van der Waals surface area contributed by atoms with Crippen LogP contribution in [0.2, 0.25) is 0 Å². The van der Waals surface area contributed by atoms with Gasteiger partial charge in [0.1, 0.15) is 0 Å². The highest BCUT2D eigenvalue weighted by Crippen LogP contribution is 2.27. The Bertz CT molecular complexity index is 180. The molecule has 0 radical (unpaired) electrons. The number of hydrogen-bond acceptors (Lipinski definition) is 3. The van der Waals surface area contributed by atoms with Gasteiger partial charge >= 0.3 is 0 Å². The highest BCUT2D eigenvalue weighted by Gasteiger charge is 2.23. The lowest BCUT2D eigenvalue weighted by molar-refractivity contribution is -0.0541. The largest absolute Gasteiger partial charge is 0.390 e. The molecule has 0 aromatic heterocycles. The predicted molar refractivity (Wildman–Crippen MR) is 64.5 cm³/mol. The van der Waals surface area contributed by atoms with Crippen LogP contribution in [0.25, 0.3) is 0 Å². The first-order valence-electron chi connectivity index (χ1n) is 6.39. The summed E-state index contributed by atoms with van der Waals surface area (Å²) in [5.41, 5.74) is -0.104. The van der Waals surface area contributed by atoms with Crippen LogP contribution in [0, 0.1) is 5.92 Å². The van der Waals surface area contributed by atoms with Crippen molar-refractivity contribution in [1.82, 2.24) is 0 Å². The molecule has 0 spiro atoms. The maximum atomic E-state index is 9.84. The molecule has 3 nitrogen and oxygen atoms in total. The molecule has 0 saturated heterocycles. The van der Waals surface area contributed by atoms with Crippen LogP contribution < -0.4 is 0 Å². The lowest BCUT2D eigenvalue weighted by Gasteiger charge is -2.21. The fraction of sp³-hybridized carbons (Fsp3) is 1.00. The van der Waals surface area contributed by atoms with E-state index in [4.69, 9.17) is 9.47 Å². The molecule has 96 valence electrons. The molecule has 1 atom stereocenters. The van der Waals surface area contributed by atoms with E-state index >= 15 is 0 Å². The number of aliphatic hydroxyl groups is 1. The zero-order valence-corrected chi connectivity index (χ0v) is 10.9.